The summed E-state index contributed by atoms with van der Waals surface area (Å²) in [5.41, 5.74) is -1.34. The van der Waals surface area contributed by atoms with Gasteiger partial charge in [-0.3, -0.25) is 9.89 Å². The van der Waals surface area contributed by atoms with Crippen molar-refractivity contribution in [3.63, 3.8) is 0 Å². The summed E-state index contributed by atoms with van der Waals surface area (Å²) in [6, 6.07) is 3.19. The highest BCUT2D eigenvalue weighted by molar-refractivity contribution is 6.06. The van der Waals surface area contributed by atoms with E-state index < -0.39 is 29.4 Å². The first kappa shape index (κ1) is 22.7. The van der Waals surface area contributed by atoms with Crippen LogP contribution < -0.4 is 10.6 Å². The number of alkyl halides is 3. The van der Waals surface area contributed by atoms with Crippen LogP contribution in [0.15, 0.2) is 29.3 Å². The summed E-state index contributed by atoms with van der Waals surface area (Å²) in [5.74, 6) is -3.16. The molecule has 0 aliphatic heterocycles. The number of rotatable bonds is 4. The third-order valence-electron chi connectivity index (χ3n) is 5.22. The van der Waals surface area contributed by atoms with Crippen LogP contribution in [0.5, 0.6) is 0 Å². The molecule has 2 aromatic rings. The zero-order valence-corrected chi connectivity index (χ0v) is 16.7. The number of anilines is 1. The number of halogens is 5. The lowest BCUT2D eigenvalue weighted by atomic mass is 9.84. The van der Waals surface area contributed by atoms with Crippen molar-refractivity contribution in [1.82, 2.24) is 15.5 Å². The number of H-pyrrole nitrogens is 1. The van der Waals surface area contributed by atoms with E-state index >= 15 is 0 Å². The van der Waals surface area contributed by atoms with Crippen molar-refractivity contribution in [2.75, 3.05) is 5.32 Å². The lowest BCUT2D eigenvalue weighted by Gasteiger charge is -2.29. The van der Waals surface area contributed by atoms with Crippen LogP contribution in [0.1, 0.15) is 55.1 Å². The molecule has 1 atom stereocenters. The Bertz CT molecular complexity index is 950. The molecule has 0 saturated heterocycles. The van der Waals surface area contributed by atoms with E-state index in [2.05, 4.69) is 25.8 Å². The fourth-order valence-corrected chi connectivity index (χ4v) is 3.52. The van der Waals surface area contributed by atoms with Gasteiger partial charge < -0.3 is 10.6 Å². The van der Waals surface area contributed by atoms with Gasteiger partial charge in [0.1, 0.15) is 5.82 Å². The van der Waals surface area contributed by atoms with E-state index in [0.717, 1.165) is 50.3 Å². The van der Waals surface area contributed by atoms with Crippen LogP contribution in [0.25, 0.3) is 0 Å². The molecule has 1 aromatic heterocycles. The number of aliphatic imine (C=N–C) groups is 1. The normalized spacial score (nSPS) is 16.8. The van der Waals surface area contributed by atoms with Gasteiger partial charge in [0.2, 0.25) is 5.96 Å². The fraction of sp³-hybridized carbons (Fsp3) is 0.450. The van der Waals surface area contributed by atoms with E-state index in [1.54, 1.807) is 0 Å². The summed E-state index contributed by atoms with van der Waals surface area (Å²) < 4.78 is 65.1. The van der Waals surface area contributed by atoms with Gasteiger partial charge in [-0.05, 0) is 43.9 Å². The van der Waals surface area contributed by atoms with Gasteiger partial charge in [0.25, 0.3) is 5.91 Å². The van der Waals surface area contributed by atoms with Crippen LogP contribution in [0, 0.1) is 17.6 Å². The van der Waals surface area contributed by atoms with Crippen molar-refractivity contribution in [2.24, 2.45) is 10.9 Å². The molecular weight excluding hydrogens is 421 g/mol. The van der Waals surface area contributed by atoms with Gasteiger partial charge in [0, 0.05) is 17.7 Å². The standard InChI is InChI=1S/C20H22F5N5O/c1-11(12-5-3-2-4-6-12)26-19(27-17-10-16(29-30-17)20(23,24)25)28-18(31)13-7-8-14(21)15(22)9-13/h7-12H,2-6H2,1H3,(H3,26,27,28,29,30,31)/t11-/m1/s1. The van der Waals surface area contributed by atoms with Crippen molar-refractivity contribution < 1.29 is 26.7 Å². The minimum absolute atomic E-state index is 0.120. The van der Waals surface area contributed by atoms with Crippen molar-refractivity contribution in [2.45, 2.75) is 51.2 Å². The van der Waals surface area contributed by atoms with Crippen LogP contribution in [0.2, 0.25) is 0 Å². The van der Waals surface area contributed by atoms with Crippen LogP contribution in [-0.2, 0) is 6.18 Å². The molecule has 31 heavy (non-hydrogen) atoms. The second-order valence-electron chi connectivity index (χ2n) is 7.52. The predicted molar refractivity (Wildman–Crippen MR) is 105 cm³/mol. The van der Waals surface area contributed by atoms with Gasteiger partial charge in [0.05, 0.1) is 0 Å². The minimum Gasteiger partial charge on any atom is -0.353 e. The number of carbonyl (C=O) groups is 1. The number of amides is 1. The lowest BCUT2D eigenvalue weighted by molar-refractivity contribution is -0.141. The third-order valence-corrected chi connectivity index (χ3v) is 5.22. The zero-order valence-electron chi connectivity index (χ0n) is 16.7. The van der Waals surface area contributed by atoms with Crippen LogP contribution in [0.3, 0.4) is 0 Å². The van der Waals surface area contributed by atoms with Crippen molar-refractivity contribution >= 4 is 17.7 Å². The Morgan fingerprint density at radius 3 is 2.48 bits per heavy atom. The minimum atomic E-state index is -4.64. The number of aromatic nitrogens is 2. The Morgan fingerprint density at radius 1 is 1.16 bits per heavy atom. The maximum atomic E-state index is 13.5. The summed E-state index contributed by atoms with van der Waals surface area (Å²) in [7, 11) is 0. The van der Waals surface area contributed by atoms with Crippen LogP contribution >= 0.6 is 0 Å². The summed E-state index contributed by atoms with van der Waals surface area (Å²) >= 11 is 0. The summed E-state index contributed by atoms with van der Waals surface area (Å²) in [6.07, 6.45) is 0.588. The van der Waals surface area contributed by atoms with E-state index in [4.69, 9.17) is 0 Å². The lowest BCUT2D eigenvalue weighted by Crippen LogP contribution is -2.42. The maximum absolute atomic E-state index is 13.5. The predicted octanol–water partition coefficient (Wildman–Crippen LogP) is 4.87. The number of hydrogen-bond acceptors (Lipinski definition) is 2. The first-order valence-corrected chi connectivity index (χ1v) is 9.87. The second kappa shape index (κ2) is 9.44. The zero-order chi connectivity index (χ0) is 22.6. The molecule has 3 rings (SSSR count). The molecule has 0 spiro atoms. The van der Waals surface area contributed by atoms with Crippen molar-refractivity contribution in [1.29, 1.82) is 0 Å². The Labute approximate surface area is 175 Å². The first-order valence-electron chi connectivity index (χ1n) is 9.87. The Kier molecular flexibility index (Phi) is 6.91. The molecule has 0 unspecified atom stereocenters. The van der Waals surface area contributed by atoms with Gasteiger partial charge in [-0.15, -0.1) is 0 Å². The number of nitrogens with zero attached hydrogens (tertiary/aromatic N) is 2. The van der Waals surface area contributed by atoms with E-state index in [0.29, 0.717) is 12.0 Å². The van der Waals surface area contributed by atoms with Crippen molar-refractivity contribution in [3.05, 3.63) is 47.2 Å². The molecule has 1 saturated carbocycles. The number of benzene rings is 1. The molecule has 168 valence electrons. The van der Waals surface area contributed by atoms with E-state index in [9.17, 15) is 26.7 Å². The second-order valence-corrected chi connectivity index (χ2v) is 7.52. The molecule has 1 aliphatic carbocycles. The van der Waals surface area contributed by atoms with Crippen LogP contribution in [-0.4, -0.2) is 28.1 Å². The van der Waals surface area contributed by atoms with Crippen molar-refractivity contribution in [3.8, 4) is 0 Å². The molecule has 11 heteroatoms. The topological polar surface area (TPSA) is 82.2 Å². The highest BCUT2D eigenvalue weighted by Crippen LogP contribution is 2.29. The highest BCUT2D eigenvalue weighted by atomic mass is 19.4. The number of hydrogen-bond donors (Lipinski definition) is 3. The van der Waals surface area contributed by atoms with E-state index in [1.807, 2.05) is 6.92 Å². The Hall–Kier alpha value is -2.98. The summed E-state index contributed by atoms with van der Waals surface area (Å²) in [4.78, 5) is 16.3. The first-order chi connectivity index (χ1) is 14.6. The third kappa shape index (κ3) is 6.02. The summed E-state index contributed by atoms with van der Waals surface area (Å²) in [6.45, 7) is 1.89. The Morgan fingerprint density at radius 2 is 1.87 bits per heavy atom. The molecular formula is C20H22F5N5O. The van der Waals surface area contributed by atoms with E-state index in [1.165, 1.54) is 0 Å². The molecule has 1 heterocycles. The quantitative estimate of drug-likeness (QED) is 0.358. The van der Waals surface area contributed by atoms with Gasteiger partial charge in [-0.2, -0.15) is 23.3 Å². The number of nitrogens with one attached hydrogen (secondary N) is 3. The molecule has 1 fully saturated rings. The largest absolute Gasteiger partial charge is 0.435 e. The summed E-state index contributed by atoms with van der Waals surface area (Å²) in [5, 5.41) is 11.0. The molecule has 0 radical (unpaired) electrons. The fourth-order valence-electron chi connectivity index (χ4n) is 3.52. The molecule has 0 bridgehead atoms. The molecule has 1 aromatic carbocycles. The maximum Gasteiger partial charge on any atom is 0.435 e. The van der Waals surface area contributed by atoms with Gasteiger partial charge in [-0.25, -0.2) is 8.78 Å². The SMILES string of the molecule is C[C@@H](N/C(=N\C(=O)c1ccc(F)c(F)c1)Nc1cc(C(F)(F)F)n[nH]1)C1CCCCC1. The monoisotopic (exact) mass is 443 g/mol. The van der Waals surface area contributed by atoms with Gasteiger partial charge in [-0.1, -0.05) is 19.3 Å². The average molecular weight is 443 g/mol. The highest BCUT2D eigenvalue weighted by Gasteiger charge is 2.34. The number of aromatic amines is 1. The molecule has 1 aliphatic rings. The smallest absolute Gasteiger partial charge is 0.353 e. The number of guanidine groups is 1. The van der Waals surface area contributed by atoms with Gasteiger partial charge >= 0.3 is 6.18 Å². The van der Waals surface area contributed by atoms with Gasteiger partial charge in [0.15, 0.2) is 17.3 Å². The van der Waals surface area contributed by atoms with E-state index in [-0.39, 0.29) is 23.4 Å². The Balaban J connectivity index is 1.83. The average Bonchev–Trinajstić information content (AvgIpc) is 3.19. The van der Waals surface area contributed by atoms with Crippen LogP contribution in [0.4, 0.5) is 27.8 Å². The molecule has 1 amide bonds. The molecule has 3 N–H and O–H groups in total. The number of carbonyl (C=O) groups excluding carboxylic acids is 1. The molecule has 6 nitrogen and oxygen atoms in total.